The first-order valence-corrected chi connectivity index (χ1v) is 37.9. The van der Waals surface area contributed by atoms with Gasteiger partial charge in [0.15, 0.2) is 0 Å². The molecular formula is C74H112ClF3N12O12. The number of nitrogens with one attached hydrogen (secondary N) is 3. The van der Waals surface area contributed by atoms with Gasteiger partial charge in [0.25, 0.3) is 0 Å². The molecule has 3 saturated heterocycles. The lowest BCUT2D eigenvalue weighted by atomic mass is 9.81. The molecule has 1 aromatic carbocycles. The fourth-order valence-corrected chi connectivity index (χ4v) is 17.2. The van der Waals surface area contributed by atoms with Crippen molar-refractivity contribution < 1.29 is 70.7 Å². The average Bonchev–Trinajstić information content (AvgIpc) is 0.980. The summed E-state index contributed by atoms with van der Waals surface area (Å²) in [5.41, 5.74) is -2.33. The van der Waals surface area contributed by atoms with E-state index in [1.807, 2.05) is 6.92 Å². The molecule has 0 bridgehead atoms. The number of rotatable bonds is 10. The Labute approximate surface area is 604 Å². The highest BCUT2D eigenvalue weighted by Crippen LogP contribution is 2.39. The number of amides is 12. The molecule has 102 heavy (non-hydrogen) atoms. The van der Waals surface area contributed by atoms with E-state index in [0.717, 1.165) is 92.6 Å². The van der Waals surface area contributed by atoms with E-state index < -0.39 is 173 Å². The number of halogens is 4. The second-order valence-electron chi connectivity index (χ2n) is 30.5. The first-order chi connectivity index (χ1) is 48.4. The third-order valence-electron chi connectivity index (χ3n) is 23.4. The molecule has 4 aliphatic carbocycles. The van der Waals surface area contributed by atoms with E-state index in [2.05, 4.69) is 16.0 Å². The predicted octanol–water partition coefficient (Wildman–Crippen LogP) is 6.57. The van der Waals surface area contributed by atoms with E-state index in [-0.39, 0.29) is 56.9 Å². The van der Waals surface area contributed by atoms with Crippen LogP contribution in [-0.4, -0.2) is 251 Å². The first kappa shape index (κ1) is 80.6. The Balaban J connectivity index is 1.17. The summed E-state index contributed by atoms with van der Waals surface area (Å²) in [5, 5.41) is 8.29. The monoisotopic (exact) mass is 1450 g/mol. The maximum absolute atomic E-state index is 15.9. The molecule has 4 saturated carbocycles. The minimum Gasteiger partial charge on any atom is -0.343 e. The van der Waals surface area contributed by atoms with Crippen LogP contribution in [0.1, 0.15) is 198 Å². The summed E-state index contributed by atoms with van der Waals surface area (Å²) in [4.78, 5) is 192. The number of benzene rings is 1. The Bertz CT molecular complexity index is 3190. The van der Waals surface area contributed by atoms with Crippen LogP contribution in [0.3, 0.4) is 0 Å². The molecular weight excluding hydrogens is 1340 g/mol. The number of piperidine rings is 1. The van der Waals surface area contributed by atoms with E-state index in [0.29, 0.717) is 82.9 Å². The lowest BCUT2D eigenvalue weighted by Gasteiger charge is -2.43. The summed E-state index contributed by atoms with van der Waals surface area (Å²) >= 11 is 6.17. The van der Waals surface area contributed by atoms with Crippen molar-refractivity contribution in [3.8, 4) is 0 Å². The molecule has 0 radical (unpaired) electrons. The van der Waals surface area contributed by atoms with Crippen LogP contribution in [0.25, 0.3) is 0 Å². The molecule has 28 heteroatoms. The molecule has 3 heterocycles. The van der Waals surface area contributed by atoms with Gasteiger partial charge in [0, 0.05) is 69.0 Å². The molecule has 8 rings (SSSR count). The zero-order chi connectivity index (χ0) is 74.5. The number of nitrogens with zero attached hydrogens (tertiary/aromatic N) is 9. The Morgan fingerprint density at radius 1 is 0.588 bits per heavy atom. The molecule has 7 fully saturated rings. The lowest BCUT2D eigenvalue weighted by Crippen LogP contribution is -2.65. The number of aryl methyl sites for hydroxylation is 1. The third kappa shape index (κ3) is 19.7. The van der Waals surface area contributed by atoms with Crippen LogP contribution in [0.2, 0.25) is 5.02 Å². The van der Waals surface area contributed by atoms with Crippen molar-refractivity contribution in [2.24, 2.45) is 23.7 Å². The molecule has 24 nitrogen and oxygen atoms in total. The highest BCUT2D eigenvalue weighted by molar-refractivity contribution is 6.31. The van der Waals surface area contributed by atoms with Gasteiger partial charge in [0.2, 0.25) is 70.9 Å². The van der Waals surface area contributed by atoms with Crippen molar-refractivity contribution in [2.45, 2.75) is 248 Å². The van der Waals surface area contributed by atoms with Crippen LogP contribution in [0.5, 0.6) is 0 Å². The van der Waals surface area contributed by atoms with Crippen molar-refractivity contribution >= 4 is 82.5 Å². The predicted molar refractivity (Wildman–Crippen MR) is 376 cm³/mol. The second-order valence-corrected chi connectivity index (χ2v) is 30.9. The zero-order valence-corrected chi connectivity index (χ0v) is 62.3. The van der Waals surface area contributed by atoms with E-state index in [1.54, 1.807) is 11.8 Å². The van der Waals surface area contributed by atoms with Crippen LogP contribution in [-0.2, 0) is 70.1 Å². The van der Waals surface area contributed by atoms with Gasteiger partial charge in [0.1, 0.15) is 47.8 Å². The van der Waals surface area contributed by atoms with Gasteiger partial charge in [-0.1, -0.05) is 115 Å². The Kier molecular flexibility index (Phi) is 28.5. The number of carbonyl (C=O) groups excluding carboxylic acids is 12. The molecule has 12 amide bonds. The lowest BCUT2D eigenvalue weighted by molar-refractivity contribution is -0.157. The quantitative estimate of drug-likeness (QED) is 0.225. The highest BCUT2D eigenvalue weighted by atomic mass is 35.5. The van der Waals surface area contributed by atoms with Crippen molar-refractivity contribution in [3.05, 3.63) is 34.3 Å². The van der Waals surface area contributed by atoms with E-state index in [9.17, 15) is 37.1 Å². The molecule has 1 spiro atoms. The van der Waals surface area contributed by atoms with Gasteiger partial charge in [-0.3, -0.25) is 57.5 Å². The molecule has 3 N–H and O–H groups in total. The largest absolute Gasteiger partial charge is 0.417 e. The first-order valence-electron chi connectivity index (χ1n) is 37.5. The minimum absolute atomic E-state index is 0.0224. The molecule has 0 aromatic heterocycles. The van der Waals surface area contributed by atoms with Gasteiger partial charge < -0.3 is 60.0 Å². The number of carbonyl (C=O) groups is 12. The Morgan fingerprint density at radius 2 is 1.17 bits per heavy atom. The number of likely N-dealkylation sites (N-methyl/N-ethyl adjacent to an activating group) is 7. The van der Waals surface area contributed by atoms with E-state index in [4.69, 9.17) is 11.6 Å². The van der Waals surface area contributed by atoms with Crippen LogP contribution in [0.4, 0.5) is 13.2 Å². The van der Waals surface area contributed by atoms with Gasteiger partial charge in [-0.25, -0.2) is 0 Å². The molecule has 3 aliphatic heterocycles. The number of likely N-dealkylation sites (tertiary alicyclic amines) is 1. The number of fused-ring (bicyclic) bond motifs is 1. The zero-order valence-electron chi connectivity index (χ0n) is 61.6. The van der Waals surface area contributed by atoms with Gasteiger partial charge >= 0.3 is 6.18 Å². The van der Waals surface area contributed by atoms with E-state index >= 15 is 33.6 Å². The maximum atomic E-state index is 15.9. The van der Waals surface area contributed by atoms with Crippen molar-refractivity contribution in [1.82, 2.24) is 60.0 Å². The SMILES string of the molecule is CC[C@H](C)[C@@H]1NC(=O)[C@H](C2CCCC2)N(C)C(=O)C[C@@H](C(=O)N2CCCCC2)N(C)C(=O)[C@H](C2CCCCC2)N(C)C(=O)C2(CCCC2)NC(=O)[C@@H]2CCCN2C(=O)[C@H](CCc2ccc(C(F)(F)F)c(Cl)c2)NC(=O)CN(C)C(=O)[C@H](CC2CCCCC2)N(C)C(=O)CN(C)C(=O)CN(C)C1=O. The second kappa shape index (κ2) is 36.1. The fraction of sp³-hybridized carbons (Fsp3) is 0.757. The molecule has 8 atom stereocenters. The number of hydrogen-bond donors (Lipinski definition) is 3. The van der Waals surface area contributed by atoms with Crippen molar-refractivity contribution in [3.63, 3.8) is 0 Å². The highest BCUT2D eigenvalue weighted by Gasteiger charge is 2.52. The summed E-state index contributed by atoms with van der Waals surface area (Å²) in [5.74, 6) is -8.64. The summed E-state index contributed by atoms with van der Waals surface area (Å²) in [6.07, 6.45) is 9.84. The molecule has 1 aromatic rings. The van der Waals surface area contributed by atoms with Crippen molar-refractivity contribution in [2.75, 3.05) is 88.6 Å². The standard InChI is InChI=1S/C74H112ClF3N12O12/c1-10-47(2)62-70(100)84(5)45-60(93)82(3)46-61(94)85(6)56(42-48-25-14-11-15-26-48)68(98)83(4)44-58(91)79-54(35-33-49-32-34-52(53(75)41-49)74(76,77)78)67(97)90-40-24-31-55(90)65(95)81-73(36-20-21-37-73)72(102)88(9)64(51-27-16-12-17-28-51)71(101)86(7)57(69(99)89-38-22-13-23-39-89)43-59(92)87(8)63(66(96)80-62)50-29-18-19-30-50/h32,34,41,47-48,50-51,54-57,62-64H,10-31,33,35-40,42-46H2,1-9H3,(H,79,91)(H,80,96)(H,81,95)/t47-,54-,55-,56-,57-,62-,63-,64-/m0/s1. The van der Waals surface area contributed by atoms with E-state index in [1.165, 1.54) is 84.8 Å². The van der Waals surface area contributed by atoms with Gasteiger partial charge in [0.05, 0.1) is 36.6 Å². The Morgan fingerprint density at radius 3 is 1.77 bits per heavy atom. The molecule has 7 aliphatic rings. The van der Waals surface area contributed by atoms with Crippen molar-refractivity contribution in [1.29, 1.82) is 0 Å². The van der Waals surface area contributed by atoms with Crippen LogP contribution >= 0.6 is 11.6 Å². The van der Waals surface area contributed by atoms with Crippen LogP contribution in [0, 0.1) is 23.7 Å². The fourth-order valence-electron chi connectivity index (χ4n) is 16.9. The maximum Gasteiger partial charge on any atom is 0.417 e. The normalized spacial score (nSPS) is 27.6. The smallest absolute Gasteiger partial charge is 0.343 e. The average molecular weight is 1450 g/mol. The summed E-state index contributed by atoms with van der Waals surface area (Å²) < 4.78 is 41.7. The van der Waals surface area contributed by atoms with Crippen LogP contribution in [0.15, 0.2) is 18.2 Å². The Hall–Kier alpha value is -7.06. The summed E-state index contributed by atoms with van der Waals surface area (Å²) in [6, 6.07) is -5.39. The summed E-state index contributed by atoms with van der Waals surface area (Å²) in [7, 11) is 10.1. The van der Waals surface area contributed by atoms with Crippen LogP contribution < -0.4 is 16.0 Å². The summed E-state index contributed by atoms with van der Waals surface area (Å²) in [6.45, 7) is 2.80. The van der Waals surface area contributed by atoms with Gasteiger partial charge in [-0.05, 0) is 131 Å². The van der Waals surface area contributed by atoms with Gasteiger partial charge in [-0.2, -0.15) is 13.2 Å². The third-order valence-corrected chi connectivity index (χ3v) is 23.7. The van der Waals surface area contributed by atoms with Gasteiger partial charge in [-0.15, -0.1) is 0 Å². The number of alkyl halides is 3. The molecule has 0 unspecified atom stereocenters. The minimum atomic E-state index is -4.76. The topological polar surface area (TPSA) is 270 Å². The number of hydrogen-bond acceptors (Lipinski definition) is 12. The molecule has 568 valence electrons.